The number of halogens is 1. The zero-order valence-corrected chi connectivity index (χ0v) is 11.3. The van der Waals surface area contributed by atoms with E-state index in [0.717, 1.165) is 0 Å². The third kappa shape index (κ3) is 1.59. The number of hydrogen-bond donors (Lipinski definition) is 0. The van der Waals surface area contributed by atoms with Crippen molar-refractivity contribution in [2.75, 3.05) is 4.90 Å². The van der Waals surface area contributed by atoms with Crippen molar-refractivity contribution in [2.45, 2.75) is 18.0 Å². The molecule has 0 bridgehead atoms. The molecule has 2 aliphatic rings. The third-order valence-electron chi connectivity index (χ3n) is 3.40. The molecule has 0 N–H and O–H groups in total. The van der Waals surface area contributed by atoms with Crippen LogP contribution in [0.15, 0.2) is 36.4 Å². The van der Waals surface area contributed by atoms with E-state index < -0.39 is 17.1 Å². The maximum absolute atomic E-state index is 12.0. The van der Waals surface area contributed by atoms with Crippen molar-refractivity contribution in [2.24, 2.45) is 0 Å². The largest absolute Gasteiger partial charge is 0.429 e. The molecule has 2 atom stereocenters. The van der Waals surface area contributed by atoms with Gasteiger partial charge in [0.05, 0.1) is 0 Å². The Morgan fingerprint density at radius 1 is 1.30 bits per heavy atom. The number of ether oxygens (including phenoxy) is 1. The van der Waals surface area contributed by atoms with Gasteiger partial charge in [-0.25, -0.2) is 4.79 Å². The first-order valence-corrected chi connectivity index (χ1v) is 6.41. The van der Waals surface area contributed by atoms with Gasteiger partial charge in [-0.15, -0.1) is 11.6 Å². The summed E-state index contributed by atoms with van der Waals surface area (Å²) in [6.45, 7) is 1.46. The summed E-state index contributed by atoms with van der Waals surface area (Å²) in [5.41, 5.74) is -0.179. The van der Waals surface area contributed by atoms with Gasteiger partial charge in [0, 0.05) is 17.3 Å². The average Bonchev–Trinajstić information content (AvgIpc) is 2.83. The van der Waals surface area contributed by atoms with Gasteiger partial charge in [0.15, 0.2) is 11.2 Å². The summed E-state index contributed by atoms with van der Waals surface area (Å²) in [5, 5.41) is -0.933. The summed E-state index contributed by atoms with van der Waals surface area (Å²) in [7, 11) is 0. The van der Waals surface area contributed by atoms with E-state index in [9.17, 15) is 14.4 Å². The highest BCUT2D eigenvalue weighted by atomic mass is 35.5. The SMILES string of the molecule is CC(=O)c1ccc(N2C(=O)[C@H](Cl)[C@]23C=CC(=O)O3)cc1. The molecule has 3 rings (SSSR count). The fourth-order valence-corrected chi connectivity index (χ4v) is 2.67. The number of carbonyl (C=O) groups is 3. The number of anilines is 1. The average molecular weight is 292 g/mol. The van der Waals surface area contributed by atoms with E-state index >= 15 is 0 Å². The molecule has 1 saturated heterocycles. The normalized spacial score (nSPS) is 27.7. The van der Waals surface area contributed by atoms with Gasteiger partial charge >= 0.3 is 5.97 Å². The first-order chi connectivity index (χ1) is 9.45. The van der Waals surface area contributed by atoms with E-state index in [0.29, 0.717) is 11.3 Å². The molecule has 0 saturated carbocycles. The maximum Gasteiger partial charge on any atom is 0.333 e. The van der Waals surface area contributed by atoms with Crippen LogP contribution in [0, 0.1) is 0 Å². The van der Waals surface area contributed by atoms with Crippen LogP contribution in [0.25, 0.3) is 0 Å². The Kier molecular flexibility index (Phi) is 2.69. The van der Waals surface area contributed by atoms with Crippen LogP contribution in [0.1, 0.15) is 17.3 Å². The van der Waals surface area contributed by atoms with Crippen molar-refractivity contribution in [1.82, 2.24) is 0 Å². The number of β-lactam (4-membered cyclic amide) rings is 1. The van der Waals surface area contributed by atoms with Crippen LogP contribution in [0.3, 0.4) is 0 Å². The number of Topliss-reactive ketones (excluding diaryl/α,β-unsaturated/α-hetero) is 1. The number of benzene rings is 1. The number of alkyl halides is 1. The van der Waals surface area contributed by atoms with Crippen molar-refractivity contribution in [3.63, 3.8) is 0 Å². The number of hydrogen-bond acceptors (Lipinski definition) is 4. The molecule has 1 aromatic carbocycles. The lowest BCUT2D eigenvalue weighted by atomic mass is 9.94. The molecule has 0 aliphatic carbocycles. The predicted molar refractivity (Wildman–Crippen MR) is 71.5 cm³/mol. The number of rotatable bonds is 2. The second kappa shape index (κ2) is 4.18. The van der Waals surface area contributed by atoms with E-state index in [1.54, 1.807) is 24.3 Å². The second-order valence-corrected chi connectivity index (χ2v) is 5.08. The minimum atomic E-state index is -1.24. The zero-order valence-electron chi connectivity index (χ0n) is 10.5. The van der Waals surface area contributed by atoms with Crippen molar-refractivity contribution < 1.29 is 19.1 Å². The molecular weight excluding hydrogens is 282 g/mol. The van der Waals surface area contributed by atoms with Crippen LogP contribution in [-0.2, 0) is 14.3 Å². The molecular formula is C14H10ClNO4. The first kappa shape index (κ1) is 12.9. The van der Waals surface area contributed by atoms with Crippen LogP contribution < -0.4 is 4.90 Å². The van der Waals surface area contributed by atoms with Crippen molar-refractivity contribution >= 4 is 34.9 Å². The molecule has 0 aromatic heterocycles. The Hall–Kier alpha value is -2.14. The standard InChI is InChI=1S/C14H10ClNO4/c1-8(17)9-2-4-10(5-3-9)16-13(19)12(15)14(16)7-6-11(18)20-14/h2-7,12H,1H3/t12-,14+/m0/s1. The van der Waals surface area contributed by atoms with Gasteiger partial charge in [0.2, 0.25) is 5.72 Å². The topological polar surface area (TPSA) is 63.7 Å². The highest BCUT2D eigenvalue weighted by Gasteiger charge is 2.63. The molecule has 0 radical (unpaired) electrons. The predicted octanol–water partition coefficient (Wildman–Crippen LogP) is 1.65. The Morgan fingerprint density at radius 2 is 1.95 bits per heavy atom. The van der Waals surface area contributed by atoms with E-state index in [4.69, 9.17) is 16.3 Å². The summed E-state index contributed by atoms with van der Waals surface area (Å²) in [6.07, 6.45) is 2.73. The number of nitrogens with zero attached hydrogens (tertiary/aromatic N) is 1. The van der Waals surface area contributed by atoms with Gasteiger partial charge in [-0.1, -0.05) is 0 Å². The molecule has 2 aliphatic heterocycles. The van der Waals surface area contributed by atoms with Crippen LogP contribution in [0.5, 0.6) is 0 Å². The molecule has 102 valence electrons. The Balaban J connectivity index is 1.97. The molecule has 0 unspecified atom stereocenters. The number of esters is 1. The van der Waals surface area contributed by atoms with Gasteiger partial charge in [-0.3, -0.25) is 14.5 Å². The van der Waals surface area contributed by atoms with E-state index in [-0.39, 0.29) is 11.7 Å². The fourth-order valence-electron chi connectivity index (χ4n) is 2.36. The van der Waals surface area contributed by atoms with Crippen LogP contribution in [-0.4, -0.2) is 28.8 Å². The maximum atomic E-state index is 12.0. The number of ketones is 1. The van der Waals surface area contributed by atoms with Gasteiger partial charge in [0.25, 0.3) is 5.91 Å². The number of amides is 1. The Bertz CT molecular complexity index is 652. The lowest BCUT2D eigenvalue weighted by molar-refractivity contribution is -0.156. The molecule has 1 aromatic rings. The van der Waals surface area contributed by atoms with E-state index in [1.165, 1.54) is 24.0 Å². The molecule has 20 heavy (non-hydrogen) atoms. The monoisotopic (exact) mass is 291 g/mol. The van der Waals surface area contributed by atoms with E-state index in [2.05, 4.69) is 0 Å². The highest BCUT2D eigenvalue weighted by Crippen LogP contribution is 2.44. The van der Waals surface area contributed by atoms with Gasteiger partial charge in [-0.2, -0.15) is 0 Å². The number of carbonyl (C=O) groups excluding carboxylic acids is 3. The van der Waals surface area contributed by atoms with Gasteiger partial charge in [-0.05, 0) is 37.3 Å². The minimum Gasteiger partial charge on any atom is -0.429 e. The van der Waals surface area contributed by atoms with Crippen LogP contribution in [0.2, 0.25) is 0 Å². The van der Waals surface area contributed by atoms with Crippen molar-refractivity contribution in [1.29, 1.82) is 0 Å². The zero-order chi connectivity index (χ0) is 14.5. The summed E-state index contributed by atoms with van der Waals surface area (Å²) < 4.78 is 5.17. The summed E-state index contributed by atoms with van der Waals surface area (Å²) in [4.78, 5) is 35.8. The first-order valence-electron chi connectivity index (χ1n) is 5.97. The smallest absolute Gasteiger partial charge is 0.333 e. The molecule has 1 fully saturated rings. The fraction of sp³-hybridized carbons (Fsp3) is 0.214. The molecule has 1 spiro atoms. The summed E-state index contributed by atoms with van der Waals surface area (Å²) in [6, 6.07) is 6.47. The molecule has 5 nitrogen and oxygen atoms in total. The molecule has 6 heteroatoms. The third-order valence-corrected chi connectivity index (χ3v) is 3.90. The second-order valence-electron chi connectivity index (χ2n) is 4.65. The van der Waals surface area contributed by atoms with Gasteiger partial charge < -0.3 is 4.74 Å². The highest BCUT2D eigenvalue weighted by molar-refractivity contribution is 6.38. The quantitative estimate of drug-likeness (QED) is 0.360. The molecule has 1 amide bonds. The van der Waals surface area contributed by atoms with Crippen molar-refractivity contribution in [3.8, 4) is 0 Å². The van der Waals surface area contributed by atoms with Crippen molar-refractivity contribution in [3.05, 3.63) is 42.0 Å². The lowest BCUT2D eigenvalue weighted by Crippen LogP contribution is -2.72. The summed E-state index contributed by atoms with van der Waals surface area (Å²) in [5.74, 6) is -0.946. The molecule has 2 heterocycles. The lowest BCUT2D eigenvalue weighted by Gasteiger charge is -2.50. The van der Waals surface area contributed by atoms with E-state index in [1.807, 2.05) is 0 Å². The Morgan fingerprint density at radius 3 is 2.45 bits per heavy atom. The Labute approximate surface area is 119 Å². The van der Waals surface area contributed by atoms with Crippen LogP contribution >= 0.6 is 11.6 Å². The summed E-state index contributed by atoms with van der Waals surface area (Å²) >= 11 is 5.98. The van der Waals surface area contributed by atoms with Gasteiger partial charge in [0.1, 0.15) is 0 Å². The minimum absolute atomic E-state index is 0.0661. The van der Waals surface area contributed by atoms with Crippen LogP contribution in [0.4, 0.5) is 5.69 Å².